The summed E-state index contributed by atoms with van der Waals surface area (Å²) in [7, 11) is 0. The monoisotopic (exact) mass is 222 g/mol. The molecule has 1 N–H and O–H groups in total. The third-order valence-corrected chi connectivity index (χ3v) is 2.39. The minimum atomic E-state index is -0.803. The van der Waals surface area contributed by atoms with Crippen LogP contribution in [0.4, 0.5) is 0 Å². The molecule has 0 amide bonds. The van der Waals surface area contributed by atoms with Crippen LogP contribution in [0.5, 0.6) is 0 Å². The lowest BCUT2D eigenvalue weighted by Crippen LogP contribution is -2.16. The molecule has 0 fully saturated rings. The first-order chi connectivity index (χ1) is 7.70. The van der Waals surface area contributed by atoms with E-state index < -0.39 is 11.9 Å². The number of carboxylic acids is 1. The summed E-state index contributed by atoms with van der Waals surface area (Å²) in [6.45, 7) is 2.57. The summed E-state index contributed by atoms with van der Waals surface area (Å²) in [5.41, 5.74) is 1.29. The van der Waals surface area contributed by atoms with Gasteiger partial charge < -0.3 is 9.84 Å². The standard InChI is InChI=1S/C13H18O3/c1-11(13(14)15)10-16-9-5-8-12-6-3-2-4-7-12/h2-4,6-7,11H,5,8-10H2,1H3,(H,14,15). The Morgan fingerprint density at radius 2 is 2.06 bits per heavy atom. The molecule has 0 aliphatic heterocycles. The highest BCUT2D eigenvalue weighted by Gasteiger charge is 2.09. The SMILES string of the molecule is CC(COCCCc1ccccc1)C(=O)O. The Labute approximate surface area is 96.1 Å². The van der Waals surface area contributed by atoms with E-state index in [1.165, 1.54) is 5.56 Å². The van der Waals surface area contributed by atoms with E-state index in [4.69, 9.17) is 9.84 Å². The zero-order valence-corrected chi connectivity index (χ0v) is 9.56. The largest absolute Gasteiger partial charge is 0.481 e. The van der Waals surface area contributed by atoms with Gasteiger partial charge in [-0.3, -0.25) is 4.79 Å². The van der Waals surface area contributed by atoms with Crippen molar-refractivity contribution in [2.24, 2.45) is 5.92 Å². The normalized spacial score (nSPS) is 12.3. The number of carbonyl (C=O) groups is 1. The van der Waals surface area contributed by atoms with Crippen LogP contribution >= 0.6 is 0 Å². The smallest absolute Gasteiger partial charge is 0.308 e. The highest BCUT2D eigenvalue weighted by molar-refractivity contribution is 5.69. The van der Waals surface area contributed by atoms with E-state index in [1.54, 1.807) is 6.92 Å². The van der Waals surface area contributed by atoms with Crippen molar-refractivity contribution in [2.45, 2.75) is 19.8 Å². The summed E-state index contributed by atoms with van der Waals surface area (Å²) in [6, 6.07) is 10.2. The van der Waals surface area contributed by atoms with Gasteiger partial charge in [-0.15, -0.1) is 0 Å². The molecule has 1 unspecified atom stereocenters. The van der Waals surface area contributed by atoms with Gasteiger partial charge in [0.15, 0.2) is 0 Å². The van der Waals surface area contributed by atoms with Crippen molar-refractivity contribution in [3.05, 3.63) is 35.9 Å². The van der Waals surface area contributed by atoms with E-state index >= 15 is 0 Å². The van der Waals surface area contributed by atoms with Crippen molar-refractivity contribution in [1.82, 2.24) is 0 Å². The predicted molar refractivity (Wildman–Crippen MR) is 62.4 cm³/mol. The quantitative estimate of drug-likeness (QED) is 0.720. The first-order valence-corrected chi connectivity index (χ1v) is 5.54. The minimum Gasteiger partial charge on any atom is -0.481 e. The molecular formula is C13H18O3. The number of ether oxygens (including phenoxy) is 1. The summed E-state index contributed by atoms with van der Waals surface area (Å²) in [4.78, 5) is 10.5. The van der Waals surface area contributed by atoms with E-state index in [2.05, 4.69) is 12.1 Å². The molecule has 0 radical (unpaired) electrons. The molecule has 0 aliphatic carbocycles. The zero-order valence-electron chi connectivity index (χ0n) is 9.56. The lowest BCUT2D eigenvalue weighted by atomic mass is 10.1. The molecule has 88 valence electrons. The summed E-state index contributed by atoms with van der Waals surface area (Å²) < 4.78 is 5.30. The molecule has 0 spiro atoms. The van der Waals surface area contributed by atoms with Gasteiger partial charge in [0.25, 0.3) is 0 Å². The number of aryl methyl sites for hydroxylation is 1. The number of aliphatic carboxylic acids is 1. The Balaban J connectivity index is 2.07. The lowest BCUT2D eigenvalue weighted by molar-refractivity contribution is -0.143. The Morgan fingerprint density at radius 1 is 1.38 bits per heavy atom. The van der Waals surface area contributed by atoms with Crippen LogP contribution in [0.25, 0.3) is 0 Å². The highest BCUT2D eigenvalue weighted by atomic mass is 16.5. The Morgan fingerprint density at radius 3 is 2.69 bits per heavy atom. The number of hydrogen-bond acceptors (Lipinski definition) is 2. The molecule has 1 aromatic carbocycles. The Bertz CT molecular complexity index is 308. The van der Waals surface area contributed by atoms with Crippen LogP contribution in [0, 0.1) is 5.92 Å². The fourth-order valence-corrected chi connectivity index (χ4v) is 1.35. The van der Waals surface area contributed by atoms with Crippen molar-refractivity contribution in [3.8, 4) is 0 Å². The Kier molecular flexibility index (Phi) is 5.57. The molecule has 3 heteroatoms. The summed E-state index contributed by atoms with van der Waals surface area (Å²) in [5.74, 6) is -1.22. The van der Waals surface area contributed by atoms with Crippen LogP contribution < -0.4 is 0 Å². The van der Waals surface area contributed by atoms with Crippen LogP contribution in [-0.2, 0) is 16.0 Å². The van der Waals surface area contributed by atoms with Gasteiger partial charge in [-0.25, -0.2) is 0 Å². The molecule has 3 nitrogen and oxygen atoms in total. The van der Waals surface area contributed by atoms with Gasteiger partial charge >= 0.3 is 5.97 Å². The predicted octanol–water partition coefficient (Wildman–Crippen LogP) is 2.36. The number of rotatable bonds is 7. The van der Waals surface area contributed by atoms with E-state index in [-0.39, 0.29) is 0 Å². The Hall–Kier alpha value is -1.35. The van der Waals surface area contributed by atoms with Gasteiger partial charge in [-0.2, -0.15) is 0 Å². The lowest BCUT2D eigenvalue weighted by Gasteiger charge is -2.07. The average molecular weight is 222 g/mol. The molecule has 0 aromatic heterocycles. The first kappa shape index (κ1) is 12.7. The molecule has 1 atom stereocenters. The van der Waals surface area contributed by atoms with Gasteiger partial charge in [-0.05, 0) is 25.3 Å². The van der Waals surface area contributed by atoms with Crippen LogP contribution in [0.2, 0.25) is 0 Å². The highest BCUT2D eigenvalue weighted by Crippen LogP contribution is 2.03. The van der Waals surface area contributed by atoms with Crippen molar-refractivity contribution in [1.29, 1.82) is 0 Å². The molecule has 0 saturated carbocycles. The van der Waals surface area contributed by atoms with Crippen molar-refractivity contribution in [2.75, 3.05) is 13.2 Å². The molecule has 1 aromatic rings. The van der Waals surface area contributed by atoms with Crippen LogP contribution in [0.1, 0.15) is 18.9 Å². The summed E-state index contributed by atoms with van der Waals surface area (Å²) >= 11 is 0. The molecule has 0 heterocycles. The van der Waals surface area contributed by atoms with E-state index in [0.717, 1.165) is 12.8 Å². The second kappa shape index (κ2) is 7.01. The second-order valence-corrected chi connectivity index (χ2v) is 3.90. The fourth-order valence-electron chi connectivity index (χ4n) is 1.35. The third kappa shape index (κ3) is 4.94. The van der Waals surface area contributed by atoms with Crippen LogP contribution in [0.3, 0.4) is 0 Å². The van der Waals surface area contributed by atoms with Gasteiger partial charge in [0, 0.05) is 6.61 Å². The van der Waals surface area contributed by atoms with Gasteiger partial charge in [0.05, 0.1) is 12.5 Å². The molecule has 1 rings (SSSR count). The maximum Gasteiger partial charge on any atom is 0.308 e. The van der Waals surface area contributed by atoms with Crippen LogP contribution in [-0.4, -0.2) is 24.3 Å². The topological polar surface area (TPSA) is 46.5 Å². The summed E-state index contributed by atoms with van der Waals surface area (Å²) in [5, 5.41) is 8.64. The molecule has 0 bridgehead atoms. The van der Waals surface area contributed by atoms with Crippen molar-refractivity contribution >= 4 is 5.97 Å². The van der Waals surface area contributed by atoms with E-state index in [1.807, 2.05) is 18.2 Å². The molecule has 0 aliphatic rings. The first-order valence-electron chi connectivity index (χ1n) is 5.54. The maximum atomic E-state index is 10.5. The minimum absolute atomic E-state index is 0.296. The molecular weight excluding hydrogens is 204 g/mol. The van der Waals surface area contributed by atoms with Gasteiger partial charge in [0.2, 0.25) is 0 Å². The van der Waals surface area contributed by atoms with E-state index in [0.29, 0.717) is 13.2 Å². The number of hydrogen-bond donors (Lipinski definition) is 1. The fraction of sp³-hybridized carbons (Fsp3) is 0.462. The van der Waals surface area contributed by atoms with Crippen molar-refractivity contribution < 1.29 is 14.6 Å². The zero-order chi connectivity index (χ0) is 11.8. The summed E-state index contributed by atoms with van der Waals surface area (Å²) in [6.07, 6.45) is 1.90. The second-order valence-electron chi connectivity index (χ2n) is 3.90. The molecule has 16 heavy (non-hydrogen) atoms. The number of carboxylic acid groups (broad SMARTS) is 1. The van der Waals surface area contributed by atoms with E-state index in [9.17, 15) is 4.79 Å². The maximum absolute atomic E-state index is 10.5. The third-order valence-electron chi connectivity index (χ3n) is 2.39. The van der Waals surface area contributed by atoms with Crippen molar-refractivity contribution in [3.63, 3.8) is 0 Å². The number of benzene rings is 1. The molecule has 0 saturated heterocycles. The van der Waals surface area contributed by atoms with Gasteiger partial charge in [0.1, 0.15) is 0 Å². The average Bonchev–Trinajstić information content (AvgIpc) is 2.29. The van der Waals surface area contributed by atoms with Gasteiger partial charge in [-0.1, -0.05) is 30.3 Å². The van der Waals surface area contributed by atoms with Crippen LogP contribution in [0.15, 0.2) is 30.3 Å².